The number of carbonyl (C=O) groups is 1. The van der Waals surface area contributed by atoms with Crippen LogP contribution in [0, 0.1) is 12.7 Å². The average Bonchev–Trinajstić information content (AvgIpc) is 3.14. The molecular formula is C22H23FN2O3S. The monoisotopic (exact) mass is 414 g/mol. The van der Waals surface area contributed by atoms with Crippen molar-refractivity contribution in [3.63, 3.8) is 0 Å². The van der Waals surface area contributed by atoms with Crippen molar-refractivity contribution in [3.8, 4) is 11.5 Å². The lowest BCUT2D eigenvalue weighted by Gasteiger charge is -2.15. The smallest absolute Gasteiger partial charge is 0.226 e. The minimum atomic E-state index is -0.455. The number of aryl methyl sites for hydroxylation is 1. The summed E-state index contributed by atoms with van der Waals surface area (Å²) in [5.74, 6) is 0.328. The molecule has 1 atom stereocenters. The van der Waals surface area contributed by atoms with E-state index in [-0.39, 0.29) is 24.1 Å². The minimum Gasteiger partial charge on any atom is -0.494 e. The topological polar surface area (TPSA) is 60.5 Å². The number of nitrogens with one attached hydrogen (secondary N) is 1. The highest BCUT2D eigenvalue weighted by Crippen LogP contribution is 2.22. The molecule has 5 nitrogen and oxygen atoms in total. The van der Waals surface area contributed by atoms with Gasteiger partial charge in [-0.2, -0.15) is 0 Å². The summed E-state index contributed by atoms with van der Waals surface area (Å²) in [6.07, 6.45) is 0.157. The standard InChI is InChI=1S/C22H23FN2O3S/c1-14-4-7-18(8-5-14)28-12-22-25-17(13-29-22)11-21(26)24-15(2)16-6-9-20(27-3)19(23)10-16/h4-10,13,15H,11-12H2,1-3H3,(H,24,26). The molecule has 0 fully saturated rings. The first-order chi connectivity index (χ1) is 13.9. The molecule has 1 amide bonds. The number of ether oxygens (including phenoxy) is 2. The van der Waals surface area contributed by atoms with E-state index in [2.05, 4.69) is 10.3 Å². The van der Waals surface area contributed by atoms with Gasteiger partial charge in [0.05, 0.1) is 25.3 Å². The van der Waals surface area contributed by atoms with Crippen LogP contribution >= 0.6 is 11.3 Å². The molecular weight excluding hydrogens is 391 g/mol. The van der Waals surface area contributed by atoms with Crippen LogP contribution in [0.25, 0.3) is 0 Å². The molecule has 0 bridgehead atoms. The maximum absolute atomic E-state index is 13.9. The fourth-order valence-electron chi connectivity index (χ4n) is 2.77. The Morgan fingerprint density at radius 2 is 2.00 bits per heavy atom. The van der Waals surface area contributed by atoms with Crippen LogP contribution in [0.4, 0.5) is 4.39 Å². The van der Waals surface area contributed by atoms with Crippen LogP contribution in [0.2, 0.25) is 0 Å². The third-order valence-corrected chi connectivity index (χ3v) is 5.25. The van der Waals surface area contributed by atoms with Crippen molar-refractivity contribution in [3.05, 3.63) is 75.5 Å². The lowest BCUT2D eigenvalue weighted by Crippen LogP contribution is -2.28. The molecule has 0 aliphatic carbocycles. The molecule has 0 saturated heterocycles. The Kier molecular flexibility index (Phi) is 6.82. The van der Waals surface area contributed by atoms with Crippen LogP contribution in [0.15, 0.2) is 47.8 Å². The van der Waals surface area contributed by atoms with Gasteiger partial charge in [0, 0.05) is 5.38 Å². The highest BCUT2D eigenvalue weighted by atomic mass is 32.1. The molecule has 1 aromatic heterocycles. The van der Waals surface area contributed by atoms with Crippen molar-refractivity contribution < 1.29 is 18.7 Å². The molecule has 29 heavy (non-hydrogen) atoms. The highest BCUT2D eigenvalue weighted by Gasteiger charge is 2.14. The predicted molar refractivity (Wildman–Crippen MR) is 111 cm³/mol. The number of hydrogen-bond acceptors (Lipinski definition) is 5. The SMILES string of the molecule is COc1ccc(C(C)NC(=O)Cc2csc(COc3ccc(C)cc3)n2)cc1F. The maximum Gasteiger partial charge on any atom is 0.226 e. The number of hydrogen-bond donors (Lipinski definition) is 1. The van der Waals surface area contributed by atoms with Crippen molar-refractivity contribution in [1.82, 2.24) is 10.3 Å². The number of carbonyl (C=O) groups excluding carboxylic acids is 1. The number of halogens is 1. The molecule has 3 aromatic rings. The van der Waals surface area contributed by atoms with Gasteiger partial charge in [-0.3, -0.25) is 4.79 Å². The lowest BCUT2D eigenvalue weighted by atomic mass is 10.1. The zero-order valence-electron chi connectivity index (χ0n) is 16.6. The molecule has 7 heteroatoms. The van der Waals surface area contributed by atoms with Gasteiger partial charge in [0.15, 0.2) is 11.6 Å². The number of aromatic nitrogens is 1. The molecule has 0 aliphatic heterocycles. The van der Waals surface area contributed by atoms with E-state index in [4.69, 9.17) is 9.47 Å². The molecule has 0 radical (unpaired) electrons. The van der Waals surface area contributed by atoms with Crippen LogP contribution in [-0.2, 0) is 17.8 Å². The van der Waals surface area contributed by atoms with Crippen molar-refractivity contribution in [2.75, 3.05) is 7.11 Å². The van der Waals surface area contributed by atoms with Gasteiger partial charge < -0.3 is 14.8 Å². The summed E-state index contributed by atoms with van der Waals surface area (Å²) >= 11 is 1.46. The van der Waals surface area contributed by atoms with Crippen LogP contribution < -0.4 is 14.8 Å². The fraction of sp³-hybridized carbons (Fsp3) is 0.273. The van der Waals surface area contributed by atoms with E-state index < -0.39 is 5.82 Å². The summed E-state index contributed by atoms with van der Waals surface area (Å²) in [4.78, 5) is 16.8. The van der Waals surface area contributed by atoms with Crippen molar-refractivity contribution in [2.45, 2.75) is 32.9 Å². The van der Waals surface area contributed by atoms with Crippen LogP contribution in [0.1, 0.15) is 34.8 Å². The van der Waals surface area contributed by atoms with Gasteiger partial charge in [-0.1, -0.05) is 23.8 Å². The normalized spacial score (nSPS) is 11.7. The zero-order chi connectivity index (χ0) is 20.8. The van der Waals surface area contributed by atoms with Gasteiger partial charge in [-0.15, -0.1) is 11.3 Å². The van der Waals surface area contributed by atoms with E-state index in [0.29, 0.717) is 17.9 Å². The molecule has 0 spiro atoms. The molecule has 0 aliphatic rings. The number of thiazole rings is 1. The summed E-state index contributed by atoms with van der Waals surface area (Å²) in [6, 6.07) is 12.1. The highest BCUT2D eigenvalue weighted by molar-refractivity contribution is 7.09. The predicted octanol–water partition coefficient (Wildman–Crippen LogP) is 4.60. The fourth-order valence-corrected chi connectivity index (χ4v) is 3.47. The van der Waals surface area contributed by atoms with Crippen molar-refractivity contribution >= 4 is 17.2 Å². The Bertz CT molecular complexity index is 972. The van der Waals surface area contributed by atoms with E-state index in [1.165, 1.54) is 30.1 Å². The second-order valence-corrected chi connectivity index (χ2v) is 7.64. The second kappa shape index (κ2) is 9.52. The molecule has 3 rings (SSSR count). The van der Waals surface area contributed by atoms with Gasteiger partial charge in [0.1, 0.15) is 17.4 Å². The van der Waals surface area contributed by atoms with Gasteiger partial charge in [-0.05, 0) is 43.7 Å². The summed E-state index contributed by atoms with van der Waals surface area (Å²) in [6.45, 7) is 4.19. The van der Waals surface area contributed by atoms with Crippen LogP contribution in [0.5, 0.6) is 11.5 Å². The zero-order valence-corrected chi connectivity index (χ0v) is 17.4. The second-order valence-electron chi connectivity index (χ2n) is 6.69. The number of rotatable bonds is 8. The Labute approximate surface area is 173 Å². The van der Waals surface area contributed by atoms with E-state index >= 15 is 0 Å². The van der Waals surface area contributed by atoms with Crippen molar-refractivity contribution in [1.29, 1.82) is 0 Å². The number of methoxy groups -OCH3 is 1. The number of nitrogens with zero attached hydrogens (tertiary/aromatic N) is 1. The van der Waals surface area contributed by atoms with Gasteiger partial charge in [-0.25, -0.2) is 9.37 Å². The van der Waals surface area contributed by atoms with E-state index in [9.17, 15) is 9.18 Å². The molecule has 2 aromatic carbocycles. The summed E-state index contributed by atoms with van der Waals surface area (Å²) in [5, 5.41) is 5.53. The minimum absolute atomic E-state index is 0.157. The van der Waals surface area contributed by atoms with E-state index in [1.807, 2.05) is 36.6 Å². The molecule has 1 N–H and O–H groups in total. The van der Waals surface area contributed by atoms with Gasteiger partial charge in [0.2, 0.25) is 5.91 Å². The Balaban J connectivity index is 1.51. The lowest BCUT2D eigenvalue weighted by molar-refractivity contribution is -0.121. The van der Waals surface area contributed by atoms with Gasteiger partial charge in [0.25, 0.3) is 0 Å². The van der Waals surface area contributed by atoms with E-state index in [0.717, 1.165) is 10.8 Å². The Hall–Kier alpha value is -2.93. The first-order valence-corrected chi connectivity index (χ1v) is 10.1. The maximum atomic E-state index is 13.9. The summed E-state index contributed by atoms with van der Waals surface area (Å²) in [7, 11) is 1.41. The quantitative estimate of drug-likeness (QED) is 0.585. The largest absolute Gasteiger partial charge is 0.494 e. The molecule has 1 unspecified atom stereocenters. The molecule has 1 heterocycles. The average molecular weight is 415 g/mol. The van der Waals surface area contributed by atoms with Crippen molar-refractivity contribution in [2.24, 2.45) is 0 Å². The summed E-state index contributed by atoms with van der Waals surface area (Å²) < 4.78 is 24.5. The molecule has 0 saturated carbocycles. The third kappa shape index (κ3) is 5.77. The molecule has 152 valence electrons. The first-order valence-electron chi connectivity index (χ1n) is 9.20. The first kappa shape index (κ1) is 20.8. The third-order valence-electron chi connectivity index (χ3n) is 4.38. The van der Waals surface area contributed by atoms with Crippen LogP contribution in [-0.4, -0.2) is 18.0 Å². The Morgan fingerprint density at radius 1 is 1.24 bits per heavy atom. The van der Waals surface area contributed by atoms with Gasteiger partial charge >= 0.3 is 0 Å². The number of amides is 1. The summed E-state index contributed by atoms with van der Waals surface area (Å²) in [5.41, 5.74) is 2.52. The number of benzene rings is 2. The van der Waals surface area contributed by atoms with Crippen LogP contribution in [0.3, 0.4) is 0 Å². The Morgan fingerprint density at radius 3 is 2.69 bits per heavy atom. The van der Waals surface area contributed by atoms with E-state index in [1.54, 1.807) is 19.1 Å².